The van der Waals surface area contributed by atoms with Crippen LogP contribution in [0.2, 0.25) is 0 Å². The van der Waals surface area contributed by atoms with Crippen LogP contribution in [0.3, 0.4) is 0 Å². The summed E-state index contributed by atoms with van der Waals surface area (Å²) < 4.78 is 35.9. The average Bonchev–Trinajstić information content (AvgIpc) is 3.00. The van der Waals surface area contributed by atoms with Gasteiger partial charge in [0.15, 0.2) is 5.03 Å². The summed E-state index contributed by atoms with van der Waals surface area (Å²) in [5.74, 6) is -0.372. The van der Waals surface area contributed by atoms with Crippen molar-refractivity contribution in [1.82, 2.24) is 4.98 Å². The lowest BCUT2D eigenvalue weighted by molar-refractivity contribution is 0.161. The Morgan fingerprint density at radius 1 is 1.43 bits per heavy atom. The third-order valence-corrected chi connectivity index (χ3v) is 5.70. The lowest BCUT2D eigenvalue weighted by atomic mass is 9.79. The molecule has 1 aliphatic rings. The number of benzene rings is 1. The van der Waals surface area contributed by atoms with Gasteiger partial charge in [-0.1, -0.05) is 25.1 Å². The lowest BCUT2D eigenvalue weighted by Crippen LogP contribution is -2.28. The molecule has 0 bridgehead atoms. The summed E-state index contributed by atoms with van der Waals surface area (Å²) >= 11 is 0. The van der Waals surface area contributed by atoms with Gasteiger partial charge in [0.25, 0.3) is 0 Å². The van der Waals surface area contributed by atoms with Crippen LogP contribution in [0.1, 0.15) is 24.5 Å². The van der Waals surface area contributed by atoms with Crippen LogP contribution < -0.4 is 16.5 Å². The molecule has 9 nitrogen and oxygen atoms in total. The van der Waals surface area contributed by atoms with Gasteiger partial charge in [-0.2, -0.15) is 0 Å². The molecule has 0 saturated heterocycles. The number of hydrogen-bond acceptors (Lipinski definition) is 8. The first-order valence-electron chi connectivity index (χ1n) is 8.63. The zero-order valence-corrected chi connectivity index (χ0v) is 16.0. The Balaban J connectivity index is 1.87. The second-order valence-electron chi connectivity index (χ2n) is 6.34. The number of nitrogens with one attached hydrogen (secondary N) is 1. The van der Waals surface area contributed by atoms with Crippen LogP contribution in [0.5, 0.6) is 0 Å². The smallest absolute Gasteiger partial charge is 0.449 e. The molecule has 148 valence electrons. The number of hydrogen-bond donors (Lipinski definition) is 3. The third kappa shape index (κ3) is 4.43. The molecule has 2 heterocycles. The maximum Gasteiger partial charge on any atom is 0.491 e. The van der Waals surface area contributed by atoms with Crippen molar-refractivity contribution in [3.05, 3.63) is 41.6 Å². The number of fused-ring (bicyclic) bond motifs is 1. The molecule has 0 aliphatic carbocycles. The van der Waals surface area contributed by atoms with Crippen LogP contribution in [-0.4, -0.2) is 38.2 Å². The monoisotopic (exact) mass is 405 g/mol. The standard InChI is InChI=1S/C17H20BN3O6S/c1-2-5-26-17(22)21-15-7-13(19)8-20-16(15)28(24,25)10-11-3-4-12-9-27-18(23)14(12)6-11/h3-4,6-8,23H,2,5,9-10,19H2,1H3,(H,21,22). The Kier molecular flexibility index (Phi) is 5.87. The van der Waals surface area contributed by atoms with E-state index in [4.69, 9.17) is 15.1 Å². The van der Waals surface area contributed by atoms with Crippen LogP contribution in [0.25, 0.3) is 0 Å². The predicted octanol–water partition coefficient (Wildman–Crippen LogP) is 0.814. The summed E-state index contributed by atoms with van der Waals surface area (Å²) in [5.41, 5.74) is 7.64. The van der Waals surface area contributed by atoms with E-state index >= 15 is 0 Å². The van der Waals surface area contributed by atoms with Gasteiger partial charge >= 0.3 is 13.2 Å². The molecule has 0 spiro atoms. The number of aromatic nitrogens is 1. The van der Waals surface area contributed by atoms with Gasteiger partial charge < -0.3 is 20.1 Å². The Bertz CT molecular complexity index is 998. The Labute approximate surface area is 162 Å². The zero-order valence-electron chi connectivity index (χ0n) is 15.2. The number of nitrogens with two attached hydrogens (primary N) is 1. The van der Waals surface area contributed by atoms with E-state index in [2.05, 4.69) is 10.3 Å². The van der Waals surface area contributed by atoms with Crippen molar-refractivity contribution in [3.8, 4) is 0 Å². The topological polar surface area (TPSA) is 141 Å². The van der Waals surface area contributed by atoms with E-state index < -0.39 is 23.0 Å². The maximum absolute atomic E-state index is 12.9. The van der Waals surface area contributed by atoms with Crippen molar-refractivity contribution in [2.24, 2.45) is 0 Å². The third-order valence-electron chi connectivity index (χ3n) is 4.07. The molecule has 0 radical (unpaired) electrons. The summed E-state index contributed by atoms with van der Waals surface area (Å²) in [7, 11) is -4.99. The first-order valence-corrected chi connectivity index (χ1v) is 10.3. The van der Waals surface area contributed by atoms with E-state index in [-0.39, 0.29) is 35.4 Å². The van der Waals surface area contributed by atoms with E-state index in [1.807, 2.05) is 6.92 Å². The molecular formula is C17H20BN3O6S. The van der Waals surface area contributed by atoms with Crippen molar-refractivity contribution in [1.29, 1.82) is 0 Å². The van der Waals surface area contributed by atoms with Gasteiger partial charge in [0.05, 0.1) is 36.5 Å². The van der Waals surface area contributed by atoms with E-state index in [0.717, 1.165) is 5.56 Å². The predicted molar refractivity (Wildman–Crippen MR) is 104 cm³/mol. The molecule has 1 amide bonds. The largest absolute Gasteiger partial charge is 0.491 e. The molecule has 2 aromatic rings. The highest BCUT2D eigenvalue weighted by Gasteiger charge is 2.29. The highest BCUT2D eigenvalue weighted by Crippen LogP contribution is 2.25. The summed E-state index contributed by atoms with van der Waals surface area (Å²) in [6.45, 7) is 2.31. The minimum atomic E-state index is -3.92. The highest BCUT2D eigenvalue weighted by atomic mass is 32.2. The number of anilines is 2. The Morgan fingerprint density at radius 2 is 2.21 bits per heavy atom. The van der Waals surface area contributed by atoms with Crippen molar-refractivity contribution in [2.75, 3.05) is 17.7 Å². The number of ether oxygens (including phenoxy) is 1. The summed E-state index contributed by atoms with van der Waals surface area (Å²) in [5, 5.41) is 11.9. The lowest BCUT2D eigenvalue weighted by Gasteiger charge is -2.12. The number of nitrogen functional groups attached to an aromatic ring is 1. The zero-order chi connectivity index (χ0) is 20.3. The number of sulfone groups is 1. The number of carbonyl (C=O) groups is 1. The second kappa shape index (κ2) is 8.17. The average molecular weight is 405 g/mol. The van der Waals surface area contributed by atoms with E-state index in [1.165, 1.54) is 12.3 Å². The van der Waals surface area contributed by atoms with Gasteiger partial charge in [0.2, 0.25) is 9.84 Å². The molecule has 28 heavy (non-hydrogen) atoms. The van der Waals surface area contributed by atoms with Crippen LogP contribution in [-0.2, 0) is 31.6 Å². The van der Waals surface area contributed by atoms with E-state index in [0.29, 0.717) is 17.4 Å². The van der Waals surface area contributed by atoms with Crippen LogP contribution >= 0.6 is 0 Å². The molecule has 0 atom stereocenters. The van der Waals surface area contributed by atoms with Gasteiger partial charge in [-0.3, -0.25) is 5.32 Å². The molecule has 0 fully saturated rings. The molecule has 3 rings (SSSR count). The van der Waals surface area contributed by atoms with Gasteiger partial charge in [-0.05, 0) is 29.1 Å². The fourth-order valence-corrected chi connectivity index (χ4v) is 4.20. The SMILES string of the molecule is CCCOC(=O)Nc1cc(N)cnc1S(=O)(=O)Cc1ccc2c(c1)B(O)OC2. The van der Waals surface area contributed by atoms with Crippen LogP contribution in [0.15, 0.2) is 35.5 Å². The van der Waals surface area contributed by atoms with E-state index in [9.17, 15) is 18.2 Å². The van der Waals surface area contributed by atoms with Gasteiger partial charge in [-0.15, -0.1) is 0 Å². The number of amides is 1. The second-order valence-corrected chi connectivity index (χ2v) is 8.24. The minimum absolute atomic E-state index is 0.0503. The van der Waals surface area contributed by atoms with Crippen LogP contribution in [0.4, 0.5) is 16.2 Å². The van der Waals surface area contributed by atoms with Gasteiger partial charge in [0.1, 0.15) is 0 Å². The molecule has 0 saturated carbocycles. The van der Waals surface area contributed by atoms with Crippen LogP contribution in [0, 0.1) is 0 Å². The first-order chi connectivity index (χ1) is 13.3. The number of nitrogens with zero attached hydrogens (tertiary/aromatic N) is 1. The minimum Gasteiger partial charge on any atom is -0.449 e. The fourth-order valence-electron chi connectivity index (χ4n) is 2.79. The summed E-state index contributed by atoms with van der Waals surface area (Å²) in [6, 6.07) is 6.27. The van der Waals surface area contributed by atoms with Crippen molar-refractivity contribution < 1.29 is 27.6 Å². The Hall–Kier alpha value is -2.63. The molecule has 11 heteroatoms. The normalized spacial score (nSPS) is 13.3. The molecule has 1 aliphatic heterocycles. The van der Waals surface area contributed by atoms with E-state index in [1.54, 1.807) is 18.2 Å². The highest BCUT2D eigenvalue weighted by molar-refractivity contribution is 7.90. The molecule has 1 aromatic heterocycles. The molecule has 1 aromatic carbocycles. The summed E-state index contributed by atoms with van der Waals surface area (Å²) in [4.78, 5) is 15.8. The van der Waals surface area contributed by atoms with Gasteiger partial charge in [0, 0.05) is 0 Å². The molecular weight excluding hydrogens is 385 g/mol. The number of carbonyl (C=O) groups excluding carboxylic acids is 1. The number of pyridine rings is 1. The van der Waals surface area contributed by atoms with Crippen molar-refractivity contribution >= 4 is 39.9 Å². The Morgan fingerprint density at radius 3 is 2.96 bits per heavy atom. The van der Waals surface area contributed by atoms with Gasteiger partial charge in [-0.25, -0.2) is 18.2 Å². The molecule has 4 N–H and O–H groups in total. The quantitative estimate of drug-likeness (QED) is 0.600. The maximum atomic E-state index is 12.9. The van der Waals surface area contributed by atoms with Crippen molar-refractivity contribution in [3.63, 3.8) is 0 Å². The molecule has 0 unspecified atom stereocenters. The first kappa shape index (κ1) is 20.1. The fraction of sp³-hybridized carbons (Fsp3) is 0.294. The number of rotatable bonds is 6. The van der Waals surface area contributed by atoms with Crippen molar-refractivity contribution in [2.45, 2.75) is 30.7 Å². The summed E-state index contributed by atoms with van der Waals surface area (Å²) in [6.07, 6.45) is 1.04.